The van der Waals surface area contributed by atoms with Gasteiger partial charge >= 0.3 is 0 Å². The molecule has 0 amide bonds. The summed E-state index contributed by atoms with van der Waals surface area (Å²) in [7, 11) is 1.58. The smallest absolute Gasteiger partial charge is 0.238 e. The third-order valence-electron chi connectivity index (χ3n) is 4.04. The summed E-state index contributed by atoms with van der Waals surface area (Å²) < 4.78 is 5.18. The van der Waals surface area contributed by atoms with Gasteiger partial charge in [0.2, 0.25) is 5.88 Å². The number of aliphatic hydroxyl groups excluding tert-OH is 1. The minimum absolute atomic E-state index is 0.158. The monoisotopic (exact) mass is 249 g/mol. The van der Waals surface area contributed by atoms with Crippen LogP contribution in [0.5, 0.6) is 5.88 Å². The van der Waals surface area contributed by atoms with Crippen LogP contribution >= 0.6 is 0 Å². The largest absolute Gasteiger partial charge is 0.479 e. The molecule has 2 saturated heterocycles. The topological polar surface area (TPSA) is 71.6 Å². The first kappa shape index (κ1) is 11.6. The van der Waals surface area contributed by atoms with Crippen molar-refractivity contribution in [2.45, 2.75) is 43.9 Å². The molecule has 3 rings (SSSR count). The van der Waals surface area contributed by atoms with E-state index in [0.717, 1.165) is 31.5 Å². The molecule has 1 aromatic rings. The highest BCUT2D eigenvalue weighted by molar-refractivity contribution is 5.56. The summed E-state index contributed by atoms with van der Waals surface area (Å²) >= 11 is 0. The fourth-order valence-corrected chi connectivity index (χ4v) is 3.27. The first-order valence-corrected chi connectivity index (χ1v) is 6.46. The predicted molar refractivity (Wildman–Crippen MR) is 69.7 cm³/mol. The van der Waals surface area contributed by atoms with Gasteiger partial charge in [-0.1, -0.05) is 0 Å². The standard InChI is InChI=1S/C13H19N3O2/c1-18-13-11(14)4-5-12(15-13)16-8-2-3-9(16)7-10(17)6-8/h4-5,8-10,17H,2-3,6-7,14H2,1H3. The molecule has 2 aliphatic heterocycles. The molecule has 2 fully saturated rings. The van der Waals surface area contributed by atoms with E-state index in [4.69, 9.17) is 10.5 Å². The summed E-state index contributed by atoms with van der Waals surface area (Å²) in [5.41, 5.74) is 6.35. The van der Waals surface area contributed by atoms with Crippen LogP contribution in [0.15, 0.2) is 12.1 Å². The Labute approximate surface area is 107 Å². The van der Waals surface area contributed by atoms with Crippen molar-refractivity contribution in [2.75, 3.05) is 17.7 Å². The van der Waals surface area contributed by atoms with Crippen LogP contribution in [0.4, 0.5) is 11.5 Å². The highest BCUT2D eigenvalue weighted by Crippen LogP contribution is 2.39. The van der Waals surface area contributed by atoms with Crippen LogP contribution in [-0.2, 0) is 0 Å². The molecule has 2 bridgehead atoms. The highest BCUT2D eigenvalue weighted by atomic mass is 16.5. The van der Waals surface area contributed by atoms with Gasteiger partial charge in [0.25, 0.3) is 0 Å². The van der Waals surface area contributed by atoms with Gasteiger partial charge in [-0.05, 0) is 37.8 Å². The van der Waals surface area contributed by atoms with Crippen molar-refractivity contribution in [2.24, 2.45) is 0 Å². The molecule has 1 aromatic heterocycles. The lowest BCUT2D eigenvalue weighted by molar-refractivity contribution is 0.126. The van der Waals surface area contributed by atoms with Crippen LogP contribution in [-0.4, -0.2) is 35.4 Å². The van der Waals surface area contributed by atoms with Crippen LogP contribution in [0.1, 0.15) is 25.7 Å². The molecule has 0 aliphatic carbocycles. The van der Waals surface area contributed by atoms with Gasteiger partial charge < -0.3 is 20.5 Å². The second-order valence-electron chi connectivity index (χ2n) is 5.19. The van der Waals surface area contributed by atoms with Crippen LogP contribution in [0, 0.1) is 0 Å². The van der Waals surface area contributed by atoms with Gasteiger partial charge in [0.15, 0.2) is 0 Å². The normalized spacial score (nSPS) is 30.6. The molecular formula is C13H19N3O2. The summed E-state index contributed by atoms with van der Waals surface area (Å²) in [6.45, 7) is 0. The lowest BCUT2D eigenvalue weighted by Crippen LogP contribution is -2.45. The van der Waals surface area contributed by atoms with E-state index in [-0.39, 0.29) is 6.10 Å². The number of rotatable bonds is 2. The van der Waals surface area contributed by atoms with Crippen LogP contribution in [0.3, 0.4) is 0 Å². The molecule has 2 aliphatic rings. The van der Waals surface area contributed by atoms with Crippen LogP contribution in [0.2, 0.25) is 0 Å². The van der Waals surface area contributed by atoms with Gasteiger partial charge in [-0.2, -0.15) is 4.98 Å². The van der Waals surface area contributed by atoms with Crippen molar-refractivity contribution in [3.63, 3.8) is 0 Å². The van der Waals surface area contributed by atoms with Gasteiger partial charge in [-0.25, -0.2) is 0 Å². The Morgan fingerprint density at radius 3 is 2.61 bits per heavy atom. The second kappa shape index (κ2) is 4.31. The molecule has 2 unspecified atom stereocenters. The predicted octanol–water partition coefficient (Wildman–Crippen LogP) is 1.16. The fraction of sp³-hybridized carbons (Fsp3) is 0.615. The van der Waals surface area contributed by atoms with E-state index in [1.54, 1.807) is 7.11 Å². The Bertz CT molecular complexity index is 438. The lowest BCUT2D eigenvalue weighted by atomic mass is 10.00. The third-order valence-corrected chi connectivity index (χ3v) is 4.04. The molecular weight excluding hydrogens is 230 g/mol. The highest BCUT2D eigenvalue weighted by Gasteiger charge is 2.40. The Morgan fingerprint density at radius 1 is 1.33 bits per heavy atom. The molecule has 5 nitrogen and oxygen atoms in total. The Hall–Kier alpha value is -1.49. The SMILES string of the molecule is COc1nc(N2C3CCC2CC(O)C3)ccc1N. The zero-order chi connectivity index (χ0) is 12.7. The number of aliphatic hydroxyl groups is 1. The summed E-state index contributed by atoms with van der Waals surface area (Å²) in [5.74, 6) is 1.40. The van der Waals surface area contributed by atoms with E-state index in [2.05, 4.69) is 9.88 Å². The maximum absolute atomic E-state index is 9.81. The number of nitrogens with two attached hydrogens (primary N) is 1. The van der Waals surface area contributed by atoms with E-state index in [9.17, 15) is 5.11 Å². The van der Waals surface area contributed by atoms with Gasteiger partial charge in [0.1, 0.15) is 5.82 Å². The number of fused-ring (bicyclic) bond motifs is 2. The number of hydrogen-bond donors (Lipinski definition) is 2. The molecule has 0 aromatic carbocycles. The molecule has 18 heavy (non-hydrogen) atoms. The number of nitrogens with zero attached hydrogens (tertiary/aromatic N) is 2. The van der Waals surface area contributed by atoms with Gasteiger partial charge in [-0.3, -0.25) is 0 Å². The maximum Gasteiger partial charge on any atom is 0.238 e. The Balaban J connectivity index is 1.91. The number of ether oxygens (including phenoxy) is 1. The average molecular weight is 249 g/mol. The van der Waals surface area contributed by atoms with Gasteiger partial charge in [0, 0.05) is 12.1 Å². The first-order chi connectivity index (χ1) is 8.69. The summed E-state index contributed by atoms with van der Waals surface area (Å²) in [5, 5.41) is 9.81. The molecule has 0 spiro atoms. The van der Waals surface area contributed by atoms with Crippen molar-refractivity contribution in [1.29, 1.82) is 0 Å². The molecule has 98 valence electrons. The number of hydrogen-bond acceptors (Lipinski definition) is 5. The van der Waals surface area contributed by atoms with Crippen molar-refractivity contribution in [3.05, 3.63) is 12.1 Å². The number of pyridine rings is 1. The van der Waals surface area contributed by atoms with Crippen molar-refractivity contribution in [1.82, 2.24) is 4.98 Å². The summed E-state index contributed by atoms with van der Waals surface area (Å²) in [4.78, 5) is 6.81. The number of anilines is 2. The first-order valence-electron chi connectivity index (χ1n) is 6.46. The van der Waals surface area contributed by atoms with E-state index < -0.39 is 0 Å². The van der Waals surface area contributed by atoms with Crippen molar-refractivity contribution >= 4 is 11.5 Å². The van der Waals surface area contributed by atoms with Gasteiger partial charge in [-0.15, -0.1) is 0 Å². The lowest BCUT2D eigenvalue weighted by Gasteiger charge is -2.38. The molecule has 0 saturated carbocycles. The molecule has 3 N–H and O–H groups in total. The molecule has 3 heterocycles. The van der Waals surface area contributed by atoms with Gasteiger partial charge in [0.05, 0.1) is 18.9 Å². The minimum atomic E-state index is -0.158. The summed E-state index contributed by atoms with van der Waals surface area (Å²) in [6.07, 6.45) is 3.79. The second-order valence-corrected chi connectivity index (χ2v) is 5.19. The van der Waals surface area contributed by atoms with Crippen LogP contribution in [0.25, 0.3) is 0 Å². The Kier molecular flexibility index (Phi) is 2.78. The number of piperidine rings is 1. The van der Waals surface area contributed by atoms with E-state index in [1.165, 1.54) is 0 Å². The van der Waals surface area contributed by atoms with Crippen molar-refractivity contribution in [3.8, 4) is 5.88 Å². The van der Waals surface area contributed by atoms with E-state index >= 15 is 0 Å². The number of aromatic nitrogens is 1. The third kappa shape index (κ3) is 1.79. The average Bonchev–Trinajstić information content (AvgIpc) is 2.63. The number of methoxy groups -OCH3 is 1. The Morgan fingerprint density at radius 2 is 2.00 bits per heavy atom. The fourth-order valence-electron chi connectivity index (χ4n) is 3.27. The summed E-state index contributed by atoms with van der Waals surface area (Å²) in [6, 6.07) is 4.59. The quantitative estimate of drug-likeness (QED) is 0.823. The molecule has 5 heteroatoms. The van der Waals surface area contributed by atoms with E-state index in [0.29, 0.717) is 23.7 Å². The molecule has 2 atom stereocenters. The molecule has 0 radical (unpaired) electrons. The van der Waals surface area contributed by atoms with Crippen LogP contribution < -0.4 is 15.4 Å². The minimum Gasteiger partial charge on any atom is -0.479 e. The number of nitrogen functional groups attached to an aromatic ring is 1. The zero-order valence-corrected chi connectivity index (χ0v) is 10.5. The maximum atomic E-state index is 9.81. The van der Waals surface area contributed by atoms with Crippen molar-refractivity contribution < 1.29 is 9.84 Å². The van der Waals surface area contributed by atoms with E-state index in [1.807, 2.05) is 12.1 Å². The zero-order valence-electron chi connectivity index (χ0n) is 10.5.